The van der Waals surface area contributed by atoms with Gasteiger partial charge in [-0.1, -0.05) is 17.7 Å². The van der Waals surface area contributed by atoms with Crippen molar-refractivity contribution in [1.29, 1.82) is 0 Å². The second-order valence-electron chi connectivity index (χ2n) is 8.40. The zero-order valence-electron chi connectivity index (χ0n) is 16.3. The zero-order chi connectivity index (χ0) is 18.9. The minimum absolute atomic E-state index is 0.0735. The molecule has 3 heterocycles. The van der Waals surface area contributed by atoms with Crippen LogP contribution >= 0.6 is 11.6 Å². The predicted octanol–water partition coefficient (Wildman–Crippen LogP) is 2.45. The largest absolute Gasteiger partial charge is 0.369 e. The van der Waals surface area contributed by atoms with Crippen molar-refractivity contribution in [2.75, 3.05) is 57.8 Å². The molecule has 1 unspecified atom stereocenters. The first kappa shape index (κ1) is 19.0. The molecular formula is C21H31ClN4O. The number of carbonyl (C=O) groups is 1. The number of halogens is 1. The second-order valence-corrected chi connectivity index (χ2v) is 8.84. The summed E-state index contributed by atoms with van der Waals surface area (Å²) < 4.78 is 0. The van der Waals surface area contributed by atoms with Gasteiger partial charge in [-0.25, -0.2) is 0 Å². The number of amides is 1. The fourth-order valence-corrected chi connectivity index (χ4v) is 5.25. The highest BCUT2D eigenvalue weighted by Crippen LogP contribution is 2.43. The summed E-state index contributed by atoms with van der Waals surface area (Å²) >= 11 is 6.13. The number of benzene rings is 1. The lowest BCUT2D eigenvalue weighted by molar-refractivity contribution is -0.136. The van der Waals surface area contributed by atoms with Gasteiger partial charge in [-0.3, -0.25) is 9.69 Å². The van der Waals surface area contributed by atoms with Crippen molar-refractivity contribution in [2.24, 2.45) is 5.41 Å². The topological polar surface area (TPSA) is 38.8 Å². The molecule has 3 saturated heterocycles. The van der Waals surface area contributed by atoms with Gasteiger partial charge >= 0.3 is 0 Å². The number of piperazine rings is 1. The van der Waals surface area contributed by atoms with Gasteiger partial charge in [-0.2, -0.15) is 0 Å². The van der Waals surface area contributed by atoms with Crippen molar-refractivity contribution < 1.29 is 4.79 Å². The van der Waals surface area contributed by atoms with Crippen LogP contribution in [-0.4, -0.2) is 74.6 Å². The van der Waals surface area contributed by atoms with E-state index in [-0.39, 0.29) is 5.41 Å². The van der Waals surface area contributed by atoms with Crippen LogP contribution in [-0.2, 0) is 4.79 Å². The highest BCUT2D eigenvalue weighted by molar-refractivity contribution is 6.30. The molecule has 3 aliphatic heterocycles. The smallest absolute Gasteiger partial charge is 0.228 e. The molecule has 0 aliphatic carbocycles. The van der Waals surface area contributed by atoms with E-state index in [9.17, 15) is 4.79 Å². The molecule has 5 nitrogen and oxygen atoms in total. The van der Waals surface area contributed by atoms with Gasteiger partial charge in [0.25, 0.3) is 0 Å². The molecule has 3 aliphatic rings. The molecule has 0 bridgehead atoms. The van der Waals surface area contributed by atoms with Crippen LogP contribution in [0.5, 0.6) is 0 Å². The molecule has 0 saturated carbocycles. The van der Waals surface area contributed by atoms with Gasteiger partial charge in [0.1, 0.15) is 0 Å². The minimum Gasteiger partial charge on any atom is -0.369 e. The van der Waals surface area contributed by atoms with E-state index >= 15 is 0 Å². The van der Waals surface area contributed by atoms with Gasteiger partial charge in [-0.05, 0) is 57.0 Å². The maximum Gasteiger partial charge on any atom is 0.228 e. The molecular weight excluding hydrogens is 360 g/mol. The average molecular weight is 391 g/mol. The van der Waals surface area contributed by atoms with E-state index in [0.29, 0.717) is 11.9 Å². The third-order valence-corrected chi connectivity index (χ3v) is 7.07. The minimum atomic E-state index is -0.0735. The Morgan fingerprint density at radius 3 is 2.63 bits per heavy atom. The molecule has 1 atom stereocenters. The number of carbonyl (C=O) groups excluding carboxylic acids is 1. The van der Waals surface area contributed by atoms with Crippen molar-refractivity contribution in [1.82, 2.24) is 15.1 Å². The molecule has 148 valence electrons. The molecule has 1 spiro atoms. The summed E-state index contributed by atoms with van der Waals surface area (Å²) in [5, 5.41) is 4.20. The number of rotatable bonds is 4. The summed E-state index contributed by atoms with van der Waals surface area (Å²) in [6, 6.07) is 8.54. The molecule has 3 fully saturated rings. The second kappa shape index (κ2) is 7.98. The van der Waals surface area contributed by atoms with Crippen molar-refractivity contribution in [3.8, 4) is 0 Å². The van der Waals surface area contributed by atoms with Crippen LogP contribution in [0.4, 0.5) is 5.69 Å². The van der Waals surface area contributed by atoms with Gasteiger partial charge in [0, 0.05) is 56.5 Å². The first-order valence-corrected chi connectivity index (χ1v) is 10.7. The van der Waals surface area contributed by atoms with Gasteiger partial charge < -0.3 is 15.1 Å². The molecule has 1 aromatic carbocycles. The Bertz CT molecular complexity index is 668. The summed E-state index contributed by atoms with van der Waals surface area (Å²) in [6.45, 7) is 7.28. The molecule has 0 radical (unpaired) electrons. The summed E-state index contributed by atoms with van der Waals surface area (Å²) in [7, 11) is 2.01. The zero-order valence-corrected chi connectivity index (χ0v) is 17.0. The molecule has 27 heavy (non-hydrogen) atoms. The number of nitrogens with zero attached hydrogens (tertiary/aromatic N) is 3. The van der Waals surface area contributed by atoms with Crippen LogP contribution in [0.25, 0.3) is 0 Å². The fraction of sp³-hybridized carbons (Fsp3) is 0.667. The summed E-state index contributed by atoms with van der Waals surface area (Å²) in [4.78, 5) is 19.8. The van der Waals surface area contributed by atoms with Crippen molar-refractivity contribution in [3.63, 3.8) is 0 Å². The fourth-order valence-electron chi connectivity index (χ4n) is 5.07. The lowest BCUT2D eigenvalue weighted by atomic mass is 9.76. The molecule has 1 N–H and O–H groups in total. The Kier molecular flexibility index (Phi) is 5.62. The van der Waals surface area contributed by atoms with Crippen LogP contribution in [0.3, 0.4) is 0 Å². The van der Waals surface area contributed by atoms with Crippen molar-refractivity contribution in [2.45, 2.75) is 31.7 Å². The quantitative estimate of drug-likeness (QED) is 0.857. The Balaban J connectivity index is 1.27. The third-order valence-electron chi connectivity index (χ3n) is 6.83. The molecule has 6 heteroatoms. The Morgan fingerprint density at radius 2 is 1.93 bits per heavy atom. The van der Waals surface area contributed by atoms with Crippen LogP contribution < -0.4 is 10.2 Å². The van der Waals surface area contributed by atoms with E-state index in [4.69, 9.17) is 11.6 Å². The third kappa shape index (κ3) is 3.96. The summed E-state index contributed by atoms with van der Waals surface area (Å²) in [5.41, 5.74) is 1.15. The predicted molar refractivity (Wildman–Crippen MR) is 110 cm³/mol. The number of nitrogens with one attached hydrogen (secondary N) is 1. The standard InChI is InChI=1S/C21H31ClN4O/c1-24-19(16-21(20(24)27)6-8-23-9-7-21)5-10-25-11-13-26(14-12-25)18-4-2-3-17(22)15-18/h2-4,15,19,23H,5-14,16H2,1H3. The van der Waals surface area contributed by atoms with Gasteiger partial charge in [-0.15, -0.1) is 0 Å². The van der Waals surface area contributed by atoms with E-state index < -0.39 is 0 Å². The normalized spacial score (nSPS) is 26.1. The van der Waals surface area contributed by atoms with Crippen molar-refractivity contribution >= 4 is 23.2 Å². The maximum absolute atomic E-state index is 12.8. The maximum atomic E-state index is 12.8. The van der Waals surface area contributed by atoms with Crippen molar-refractivity contribution in [3.05, 3.63) is 29.3 Å². The van der Waals surface area contributed by atoms with E-state index in [2.05, 4.69) is 27.2 Å². The number of piperidine rings is 1. The Labute approximate surface area is 167 Å². The highest BCUT2D eigenvalue weighted by atomic mass is 35.5. The number of hydrogen-bond donors (Lipinski definition) is 1. The molecule has 1 aromatic rings. The van der Waals surface area contributed by atoms with Gasteiger partial charge in [0.05, 0.1) is 5.41 Å². The first-order valence-electron chi connectivity index (χ1n) is 10.3. The summed E-state index contributed by atoms with van der Waals surface area (Å²) in [6.07, 6.45) is 4.15. The van der Waals surface area contributed by atoms with E-state index in [1.54, 1.807) is 0 Å². The Hall–Kier alpha value is -1.30. The molecule has 1 amide bonds. The molecule has 4 rings (SSSR count). The van der Waals surface area contributed by atoms with E-state index in [1.165, 1.54) is 5.69 Å². The van der Waals surface area contributed by atoms with Gasteiger partial charge in [0.2, 0.25) is 5.91 Å². The number of likely N-dealkylation sites (tertiary alicyclic amines) is 1. The lowest BCUT2D eigenvalue weighted by Crippen LogP contribution is -2.47. The van der Waals surface area contributed by atoms with Gasteiger partial charge in [0.15, 0.2) is 0 Å². The van der Waals surface area contributed by atoms with E-state index in [0.717, 1.165) is 76.5 Å². The molecule has 0 aromatic heterocycles. The van der Waals surface area contributed by atoms with E-state index in [1.807, 2.05) is 24.1 Å². The summed E-state index contributed by atoms with van der Waals surface area (Å²) in [5.74, 6) is 0.389. The number of hydrogen-bond acceptors (Lipinski definition) is 4. The number of anilines is 1. The van der Waals surface area contributed by atoms with Crippen LogP contribution in [0.1, 0.15) is 25.7 Å². The van der Waals surface area contributed by atoms with Crippen LogP contribution in [0, 0.1) is 5.41 Å². The first-order chi connectivity index (χ1) is 13.1. The van der Waals surface area contributed by atoms with Crippen LogP contribution in [0.15, 0.2) is 24.3 Å². The monoisotopic (exact) mass is 390 g/mol. The lowest BCUT2D eigenvalue weighted by Gasteiger charge is -2.37. The van der Waals surface area contributed by atoms with Crippen LogP contribution in [0.2, 0.25) is 5.02 Å². The highest BCUT2D eigenvalue weighted by Gasteiger charge is 2.49. The Morgan fingerprint density at radius 1 is 1.19 bits per heavy atom. The SMILES string of the molecule is CN1C(=O)C2(CCNCC2)CC1CCN1CCN(c2cccc(Cl)c2)CC1. The average Bonchev–Trinajstić information content (AvgIpc) is 2.92.